The van der Waals surface area contributed by atoms with Crippen molar-refractivity contribution in [1.29, 1.82) is 0 Å². The molecule has 0 unspecified atom stereocenters. The smallest absolute Gasteiger partial charge is 0.325 e. The van der Waals surface area contributed by atoms with Crippen LogP contribution in [0.4, 0.5) is 28.9 Å². The van der Waals surface area contributed by atoms with Gasteiger partial charge in [0.25, 0.3) is 0 Å². The summed E-state index contributed by atoms with van der Waals surface area (Å²) < 4.78 is 52.5. The van der Waals surface area contributed by atoms with Crippen LogP contribution in [0.3, 0.4) is 0 Å². The van der Waals surface area contributed by atoms with Gasteiger partial charge in [0.05, 0.1) is 22.0 Å². The number of hydrogen-bond acceptors (Lipinski definition) is 4. The highest BCUT2D eigenvalue weighted by molar-refractivity contribution is 8.15. The van der Waals surface area contributed by atoms with E-state index in [0.717, 1.165) is 55.6 Å². The van der Waals surface area contributed by atoms with Gasteiger partial charge in [-0.1, -0.05) is 35.0 Å². The fourth-order valence-corrected chi connectivity index (χ4v) is 5.46. The number of rotatable bonds is 7. The van der Waals surface area contributed by atoms with Gasteiger partial charge in [0.15, 0.2) is 5.17 Å². The minimum Gasteiger partial charge on any atom is -0.325 e. The molecule has 1 aliphatic carbocycles. The summed E-state index contributed by atoms with van der Waals surface area (Å²) in [6.07, 6.45) is 2.22. The molecule has 4 rings (SSSR count). The molecule has 0 bridgehead atoms. The molecule has 2 aromatic carbocycles. The third-order valence-corrected chi connectivity index (χ3v) is 7.56. The van der Waals surface area contributed by atoms with E-state index in [1.807, 2.05) is 0 Å². The number of nitrogens with zero attached hydrogens (tertiary/aromatic N) is 2. The molecule has 196 valence electrons. The first-order chi connectivity index (χ1) is 17.6. The van der Waals surface area contributed by atoms with Crippen molar-refractivity contribution >= 4 is 51.7 Å². The lowest BCUT2D eigenvalue weighted by Gasteiger charge is -2.19. The van der Waals surface area contributed by atoms with Crippen molar-refractivity contribution in [3.8, 4) is 0 Å². The summed E-state index contributed by atoms with van der Waals surface area (Å²) in [5.74, 6) is -1.37. The highest BCUT2D eigenvalue weighted by Crippen LogP contribution is 2.35. The fourth-order valence-electron chi connectivity index (χ4n) is 4.11. The SMILES string of the molecule is O=C(C[C@H]1SC(=Nc2ccc(F)cc2)N(CCC2=CCCCC2)C1=O)Nc1cc(C(F)(F)F)ccc1Cl. The van der Waals surface area contributed by atoms with Crippen molar-refractivity contribution in [2.75, 3.05) is 11.9 Å². The van der Waals surface area contributed by atoms with Crippen molar-refractivity contribution in [3.05, 3.63) is 70.5 Å². The molecular formula is C26H24ClF4N3O2S. The Morgan fingerprint density at radius 1 is 1.16 bits per heavy atom. The van der Waals surface area contributed by atoms with Gasteiger partial charge in [-0.15, -0.1) is 0 Å². The first-order valence-corrected chi connectivity index (χ1v) is 13.0. The lowest BCUT2D eigenvalue weighted by molar-refractivity contribution is -0.137. The number of allylic oxidation sites excluding steroid dienone is 1. The van der Waals surface area contributed by atoms with Crippen LogP contribution in [0.5, 0.6) is 0 Å². The number of hydrogen-bond donors (Lipinski definition) is 1. The number of amidine groups is 1. The third-order valence-electron chi connectivity index (χ3n) is 6.05. The van der Waals surface area contributed by atoms with Crippen LogP contribution in [0.15, 0.2) is 59.1 Å². The van der Waals surface area contributed by atoms with Crippen LogP contribution < -0.4 is 5.32 Å². The zero-order chi connectivity index (χ0) is 26.6. The molecule has 5 nitrogen and oxygen atoms in total. The van der Waals surface area contributed by atoms with E-state index in [0.29, 0.717) is 23.8 Å². The van der Waals surface area contributed by atoms with Gasteiger partial charge in [0.1, 0.15) is 11.1 Å². The van der Waals surface area contributed by atoms with Gasteiger partial charge in [0, 0.05) is 13.0 Å². The van der Waals surface area contributed by atoms with Gasteiger partial charge in [0.2, 0.25) is 11.8 Å². The molecule has 0 aromatic heterocycles. The maximum absolute atomic E-state index is 13.3. The van der Waals surface area contributed by atoms with Gasteiger partial charge >= 0.3 is 6.18 Å². The summed E-state index contributed by atoms with van der Waals surface area (Å²) in [5, 5.41) is 1.92. The number of alkyl halides is 3. The Labute approximate surface area is 221 Å². The number of halogens is 5. The number of amides is 2. The van der Waals surface area contributed by atoms with E-state index in [-0.39, 0.29) is 23.0 Å². The number of nitrogens with one attached hydrogen (secondary N) is 1. The quantitative estimate of drug-likeness (QED) is 0.288. The second-order valence-electron chi connectivity index (χ2n) is 8.77. The maximum atomic E-state index is 13.3. The Kier molecular flexibility index (Phi) is 8.59. The van der Waals surface area contributed by atoms with Crippen molar-refractivity contribution in [2.45, 2.75) is 50.0 Å². The maximum Gasteiger partial charge on any atom is 0.416 e. The molecule has 37 heavy (non-hydrogen) atoms. The zero-order valence-corrected chi connectivity index (χ0v) is 21.2. The van der Waals surface area contributed by atoms with Gasteiger partial charge in [-0.25, -0.2) is 9.38 Å². The predicted molar refractivity (Wildman–Crippen MR) is 137 cm³/mol. The molecule has 0 radical (unpaired) electrons. The summed E-state index contributed by atoms with van der Waals surface area (Å²) in [5.41, 5.74) is 0.596. The van der Waals surface area contributed by atoms with Crippen LogP contribution in [-0.4, -0.2) is 33.7 Å². The highest BCUT2D eigenvalue weighted by atomic mass is 35.5. The molecule has 1 atom stereocenters. The van der Waals surface area contributed by atoms with Crippen molar-refractivity contribution in [3.63, 3.8) is 0 Å². The standard InChI is InChI=1S/C26H24ClF4N3O2S/c27-20-11-6-17(26(29,30)31)14-21(20)33-23(35)15-22-24(36)34(13-12-16-4-2-1-3-5-16)25(37-22)32-19-9-7-18(28)8-10-19/h4,6-11,14,22H,1-3,5,12-13,15H2,(H,33,35)/t22-/m1/s1. The number of benzene rings is 2. The summed E-state index contributed by atoms with van der Waals surface area (Å²) in [6, 6.07) is 8.16. The Morgan fingerprint density at radius 2 is 1.92 bits per heavy atom. The van der Waals surface area contributed by atoms with Gasteiger partial charge < -0.3 is 5.32 Å². The van der Waals surface area contributed by atoms with Crippen LogP contribution in [0, 0.1) is 5.82 Å². The molecular weight excluding hydrogens is 530 g/mol. The van der Waals surface area contributed by atoms with E-state index >= 15 is 0 Å². The normalized spacial score (nSPS) is 19.3. The zero-order valence-electron chi connectivity index (χ0n) is 19.7. The molecule has 2 amide bonds. The molecule has 1 heterocycles. The number of anilines is 1. The minimum atomic E-state index is -4.60. The molecule has 0 spiro atoms. The first-order valence-electron chi connectivity index (χ1n) is 11.8. The molecule has 1 saturated heterocycles. The molecule has 1 aliphatic heterocycles. The molecule has 1 N–H and O–H groups in total. The number of carbonyl (C=O) groups is 2. The molecule has 2 aliphatic rings. The predicted octanol–water partition coefficient (Wildman–Crippen LogP) is 7.35. The van der Waals surface area contributed by atoms with Crippen molar-refractivity contribution in [2.24, 2.45) is 4.99 Å². The van der Waals surface area contributed by atoms with Crippen LogP contribution in [0.25, 0.3) is 0 Å². The second-order valence-corrected chi connectivity index (χ2v) is 10.3. The minimum absolute atomic E-state index is 0.0484. The van der Waals surface area contributed by atoms with Crippen LogP contribution in [0.2, 0.25) is 5.02 Å². The Hall–Kier alpha value is -2.85. The van der Waals surface area contributed by atoms with Crippen molar-refractivity contribution < 1.29 is 27.2 Å². The van der Waals surface area contributed by atoms with E-state index in [1.54, 1.807) is 0 Å². The lowest BCUT2D eigenvalue weighted by Crippen LogP contribution is -2.34. The summed E-state index contributed by atoms with van der Waals surface area (Å²) in [4.78, 5) is 32.0. The molecule has 0 saturated carbocycles. The van der Waals surface area contributed by atoms with E-state index in [9.17, 15) is 27.2 Å². The molecule has 11 heteroatoms. The Balaban J connectivity index is 1.50. The van der Waals surface area contributed by atoms with Crippen LogP contribution in [-0.2, 0) is 15.8 Å². The average Bonchev–Trinajstić information content (AvgIpc) is 3.14. The topological polar surface area (TPSA) is 61.8 Å². The summed E-state index contributed by atoms with van der Waals surface area (Å²) in [7, 11) is 0. The van der Waals surface area contributed by atoms with Crippen molar-refractivity contribution in [1.82, 2.24) is 4.90 Å². The fraction of sp³-hybridized carbons (Fsp3) is 0.346. The molecule has 2 aromatic rings. The largest absolute Gasteiger partial charge is 0.416 e. The Bertz CT molecular complexity index is 1230. The summed E-state index contributed by atoms with van der Waals surface area (Å²) >= 11 is 7.09. The van der Waals surface area contributed by atoms with Gasteiger partial charge in [-0.05, 0) is 74.6 Å². The van der Waals surface area contributed by atoms with E-state index in [2.05, 4.69) is 16.4 Å². The first kappa shape index (κ1) is 27.2. The van der Waals surface area contributed by atoms with E-state index < -0.39 is 28.7 Å². The van der Waals surface area contributed by atoms with Crippen LogP contribution >= 0.6 is 23.4 Å². The second kappa shape index (κ2) is 11.7. The Morgan fingerprint density at radius 3 is 2.59 bits per heavy atom. The van der Waals surface area contributed by atoms with Crippen LogP contribution in [0.1, 0.15) is 44.1 Å². The number of carbonyl (C=O) groups excluding carboxylic acids is 2. The highest BCUT2D eigenvalue weighted by Gasteiger charge is 2.39. The third kappa shape index (κ3) is 7.13. The average molecular weight is 554 g/mol. The summed E-state index contributed by atoms with van der Waals surface area (Å²) in [6.45, 7) is 0.384. The number of thioether (sulfide) groups is 1. The van der Waals surface area contributed by atoms with E-state index in [4.69, 9.17) is 11.6 Å². The number of aliphatic imine (C=N–C) groups is 1. The molecule has 1 fully saturated rings. The lowest BCUT2D eigenvalue weighted by atomic mass is 9.97. The van der Waals surface area contributed by atoms with Gasteiger partial charge in [-0.3, -0.25) is 14.5 Å². The monoisotopic (exact) mass is 553 g/mol. The van der Waals surface area contributed by atoms with E-state index in [1.165, 1.54) is 34.7 Å². The van der Waals surface area contributed by atoms with Gasteiger partial charge in [-0.2, -0.15) is 13.2 Å².